The highest BCUT2D eigenvalue weighted by Gasteiger charge is 2.04. The minimum atomic E-state index is -2.57. The van der Waals surface area contributed by atoms with Crippen molar-refractivity contribution in [3.8, 4) is 5.88 Å². The summed E-state index contributed by atoms with van der Waals surface area (Å²) in [4.78, 5) is 3.22. The lowest BCUT2D eigenvalue weighted by Gasteiger charge is -2.02. The zero-order chi connectivity index (χ0) is 8.97. The summed E-state index contributed by atoms with van der Waals surface area (Å²) in [5, 5.41) is 0. The predicted molar refractivity (Wildman–Crippen MR) is 35.7 cm³/mol. The highest BCUT2D eigenvalue weighted by Crippen LogP contribution is 2.07. The lowest BCUT2D eigenvalue weighted by Crippen LogP contribution is -2.08. The van der Waals surface area contributed by atoms with Crippen LogP contribution >= 0.6 is 0 Å². The number of halogens is 3. The first kappa shape index (κ1) is 8.83. The molecule has 0 saturated heterocycles. The first-order valence-corrected chi connectivity index (χ1v) is 3.22. The quantitative estimate of drug-likeness (QED) is 0.657. The van der Waals surface area contributed by atoms with Crippen molar-refractivity contribution >= 4 is 0 Å². The molecule has 12 heavy (non-hydrogen) atoms. The summed E-state index contributed by atoms with van der Waals surface area (Å²) in [5.41, 5.74) is 0. The summed E-state index contributed by atoms with van der Waals surface area (Å²) in [6.45, 7) is -0.767. The molecule has 0 aromatic carbocycles. The molecule has 0 saturated carbocycles. The Morgan fingerprint density at radius 3 is 2.75 bits per heavy atom. The summed E-state index contributed by atoms with van der Waals surface area (Å²) in [5.74, 6) is -0.878. The van der Waals surface area contributed by atoms with Crippen LogP contribution in [0.15, 0.2) is 18.2 Å². The Hall–Kier alpha value is -1.26. The van der Waals surface area contributed by atoms with Crippen molar-refractivity contribution in [1.82, 2.24) is 4.98 Å². The maximum absolute atomic E-state index is 12.3. The molecule has 0 unspecified atom stereocenters. The van der Waals surface area contributed by atoms with Crippen LogP contribution in [0.1, 0.15) is 0 Å². The van der Waals surface area contributed by atoms with Crippen molar-refractivity contribution in [3.63, 3.8) is 0 Å². The fourth-order valence-electron chi connectivity index (χ4n) is 0.618. The van der Waals surface area contributed by atoms with Crippen LogP contribution in [0.5, 0.6) is 5.88 Å². The van der Waals surface area contributed by atoms with Crippen molar-refractivity contribution in [3.05, 3.63) is 24.1 Å². The van der Waals surface area contributed by atoms with E-state index in [4.69, 9.17) is 0 Å². The lowest BCUT2D eigenvalue weighted by molar-refractivity contribution is 0.0791. The molecule has 0 fully saturated rings. The highest BCUT2D eigenvalue weighted by atomic mass is 19.3. The molecule has 0 spiro atoms. The Morgan fingerprint density at radius 2 is 2.17 bits per heavy atom. The van der Waals surface area contributed by atoms with Crippen molar-refractivity contribution in [2.75, 3.05) is 6.61 Å². The maximum Gasteiger partial charge on any atom is 0.272 e. The molecule has 1 rings (SSSR count). The lowest BCUT2D eigenvalue weighted by atomic mass is 10.5. The molecule has 0 atom stereocenters. The number of hydrogen-bond acceptors (Lipinski definition) is 2. The van der Waals surface area contributed by atoms with Crippen molar-refractivity contribution in [1.29, 1.82) is 0 Å². The minimum absolute atomic E-state index is 0.129. The Labute approximate surface area is 67.0 Å². The van der Waals surface area contributed by atoms with Crippen LogP contribution in [0.25, 0.3) is 0 Å². The standard InChI is InChI=1S/C7H6F3NO/c8-5(9)4-12-7-3-1-2-6(10)11-7/h1-3,5H,4H2. The van der Waals surface area contributed by atoms with Crippen LogP contribution in [-0.4, -0.2) is 18.0 Å². The third kappa shape index (κ3) is 2.77. The van der Waals surface area contributed by atoms with E-state index in [1.54, 1.807) is 0 Å². The van der Waals surface area contributed by atoms with E-state index in [-0.39, 0.29) is 5.88 Å². The molecule has 66 valence electrons. The zero-order valence-corrected chi connectivity index (χ0v) is 6.01. The predicted octanol–water partition coefficient (Wildman–Crippen LogP) is 1.86. The van der Waals surface area contributed by atoms with Gasteiger partial charge in [0.05, 0.1) is 0 Å². The molecule has 0 aliphatic rings. The zero-order valence-electron chi connectivity index (χ0n) is 6.01. The minimum Gasteiger partial charge on any atom is -0.472 e. The van der Waals surface area contributed by atoms with Gasteiger partial charge in [-0.15, -0.1) is 0 Å². The number of pyridine rings is 1. The smallest absolute Gasteiger partial charge is 0.272 e. The van der Waals surface area contributed by atoms with Crippen molar-refractivity contribution in [2.24, 2.45) is 0 Å². The molecule has 1 aromatic rings. The summed E-state index contributed by atoms with van der Waals surface area (Å²) in [7, 11) is 0. The van der Waals surface area contributed by atoms with E-state index in [2.05, 4.69) is 9.72 Å². The van der Waals surface area contributed by atoms with E-state index in [0.717, 1.165) is 6.07 Å². The van der Waals surface area contributed by atoms with Gasteiger partial charge in [-0.25, -0.2) is 8.78 Å². The molecule has 1 aromatic heterocycles. The number of aromatic nitrogens is 1. The maximum atomic E-state index is 12.3. The average Bonchev–Trinajstić information content (AvgIpc) is 2.01. The van der Waals surface area contributed by atoms with E-state index in [1.807, 2.05) is 0 Å². The third-order valence-corrected chi connectivity index (χ3v) is 1.05. The topological polar surface area (TPSA) is 22.1 Å². The van der Waals surface area contributed by atoms with Crippen molar-refractivity contribution in [2.45, 2.75) is 6.43 Å². The van der Waals surface area contributed by atoms with Crippen LogP contribution in [0.3, 0.4) is 0 Å². The van der Waals surface area contributed by atoms with Gasteiger partial charge in [0, 0.05) is 6.07 Å². The Balaban J connectivity index is 2.52. The van der Waals surface area contributed by atoms with Crippen LogP contribution in [0.4, 0.5) is 13.2 Å². The van der Waals surface area contributed by atoms with Gasteiger partial charge in [-0.3, -0.25) is 0 Å². The number of alkyl halides is 2. The SMILES string of the molecule is Fc1cccc(OCC(F)F)n1. The number of nitrogens with zero attached hydrogens (tertiary/aromatic N) is 1. The van der Waals surface area contributed by atoms with Crippen LogP contribution in [0, 0.1) is 5.95 Å². The van der Waals surface area contributed by atoms with Crippen LogP contribution in [-0.2, 0) is 0 Å². The average molecular weight is 177 g/mol. The third-order valence-electron chi connectivity index (χ3n) is 1.05. The van der Waals surface area contributed by atoms with Gasteiger partial charge in [0.1, 0.15) is 0 Å². The summed E-state index contributed by atoms with van der Waals surface area (Å²) >= 11 is 0. The largest absolute Gasteiger partial charge is 0.472 e. The highest BCUT2D eigenvalue weighted by molar-refractivity contribution is 5.10. The van der Waals surface area contributed by atoms with Crippen LogP contribution in [0.2, 0.25) is 0 Å². The fourth-order valence-corrected chi connectivity index (χ4v) is 0.618. The number of hydrogen-bond donors (Lipinski definition) is 0. The van der Waals surface area contributed by atoms with Gasteiger partial charge in [-0.05, 0) is 6.07 Å². The Bertz CT molecular complexity index is 254. The molecule has 0 amide bonds. The summed E-state index contributed by atoms with van der Waals surface area (Å²) < 4.78 is 39.9. The van der Waals surface area contributed by atoms with Gasteiger partial charge in [-0.1, -0.05) is 6.07 Å². The molecule has 0 aliphatic carbocycles. The van der Waals surface area contributed by atoms with E-state index in [0.29, 0.717) is 0 Å². The second kappa shape index (κ2) is 3.94. The molecular formula is C7H6F3NO. The van der Waals surface area contributed by atoms with Gasteiger partial charge in [-0.2, -0.15) is 9.37 Å². The van der Waals surface area contributed by atoms with Gasteiger partial charge < -0.3 is 4.74 Å². The molecule has 5 heteroatoms. The van der Waals surface area contributed by atoms with Gasteiger partial charge in [0.15, 0.2) is 6.61 Å². The Kier molecular flexibility index (Phi) is 2.90. The van der Waals surface area contributed by atoms with E-state index in [1.165, 1.54) is 12.1 Å². The van der Waals surface area contributed by atoms with Gasteiger partial charge in [0.25, 0.3) is 6.43 Å². The summed E-state index contributed by atoms with van der Waals surface area (Å²) in [6.07, 6.45) is -2.57. The molecule has 2 nitrogen and oxygen atoms in total. The molecule has 0 aliphatic heterocycles. The molecule has 0 N–H and O–H groups in total. The monoisotopic (exact) mass is 177 g/mol. The molecular weight excluding hydrogens is 171 g/mol. The van der Waals surface area contributed by atoms with Crippen molar-refractivity contribution < 1.29 is 17.9 Å². The first-order valence-electron chi connectivity index (χ1n) is 3.22. The fraction of sp³-hybridized carbons (Fsp3) is 0.286. The van der Waals surface area contributed by atoms with Gasteiger partial charge in [0.2, 0.25) is 11.8 Å². The first-order chi connectivity index (χ1) is 5.68. The number of ether oxygens (including phenoxy) is 1. The normalized spacial score (nSPS) is 10.3. The molecule has 1 heterocycles. The molecule has 0 bridgehead atoms. The number of rotatable bonds is 3. The molecule has 0 radical (unpaired) electrons. The van der Waals surface area contributed by atoms with Gasteiger partial charge >= 0.3 is 0 Å². The Morgan fingerprint density at radius 1 is 1.42 bits per heavy atom. The summed E-state index contributed by atoms with van der Waals surface area (Å²) in [6, 6.07) is 3.75. The van der Waals surface area contributed by atoms with E-state index < -0.39 is 19.0 Å². The van der Waals surface area contributed by atoms with E-state index >= 15 is 0 Å². The second-order valence-corrected chi connectivity index (χ2v) is 2.00. The van der Waals surface area contributed by atoms with E-state index in [9.17, 15) is 13.2 Å². The second-order valence-electron chi connectivity index (χ2n) is 2.00. The van der Waals surface area contributed by atoms with Crippen LogP contribution < -0.4 is 4.74 Å².